The molecule has 216 valence electrons. The van der Waals surface area contributed by atoms with Crippen LogP contribution in [0.1, 0.15) is 57.6 Å². The molecule has 1 fully saturated rings. The van der Waals surface area contributed by atoms with Crippen molar-refractivity contribution in [3.05, 3.63) is 66.1 Å². The Bertz CT molecular complexity index is 1380. The van der Waals surface area contributed by atoms with E-state index in [9.17, 15) is 23.1 Å². The highest BCUT2D eigenvalue weighted by atomic mass is 32.2. The first kappa shape index (κ1) is 29.5. The second-order valence-electron chi connectivity index (χ2n) is 11.3. The summed E-state index contributed by atoms with van der Waals surface area (Å²) in [5, 5.41) is 16.5. The van der Waals surface area contributed by atoms with Crippen LogP contribution in [-0.4, -0.2) is 59.7 Å². The molecule has 1 aliphatic rings. The molecule has 3 aromatic rings. The predicted octanol–water partition coefficient (Wildman–Crippen LogP) is 3.70. The quantitative estimate of drug-likeness (QED) is 0.298. The molecule has 2 unspecified atom stereocenters. The van der Waals surface area contributed by atoms with Crippen molar-refractivity contribution in [3.63, 3.8) is 0 Å². The number of aliphatic hydroxyl groups excluding tert-OH is 1. The minimum atomic E-state index is -3.66. The van der Waals surface area contributed by atoms with Gasteiger partial charge in [-0.25, -0.2) is 18.2 Å². The lowest BCUT2D eigenvalue weighted by atomic mass is 10.0. The maximum Gasteiger partial charge on any atom is 0.408 e. The molecular weight excluding hydrogens is 534 g/mol. The molecule has 0 spiro atoms. The number of hydrogen-bond acceptors (Lipinski definition) is 8. The number of oxazole rings is 1. The molecule has 1 saturated carbocycles. The summed E-state index contributed by atoms with van der Waals surface area (Å²) in [6, 6.07) is 14.3. The van der Waals surface area contributed by atoms with Crippen LogP contribution < -0.4 is 10.6 Å². The lowest BCUT2D eigenvalue weighted by Gasteiger charge is -2.27. The molecular formula is C29H37N3O7S. The first-order chi connectivity index (χ1) is 18.9. The second kappa shape index (κ2) is 12.4. The number of rotatable bonds is 12. The van der Waals surface area contributed by atoms with Gasteiger partial charge in [-0.1, -0.05) is 42.5 Å². The van der Waals surface area contributed by atoms with Crippen molar-refractivity contribution in [1.29, 1.82) is 0 Å². The van der Waals surface area contributed by atoms with Crippen molar-refractivity contribution in [3.8, 4) is 0 Å². The molecule has 2 aromatic carbocycles. The second-order valence-corrected chi connectivity index (χ2v) is 13.5. The first-order valence-electron chi connectivity index (χ1n) is 13.5. The molecule has 4 rings (SSSR count). The number of para-hydroxylation sites is 2. The van der Waals surface area contributed by atoms with Crippen LogP contribution in [0.5, 0.6) is 0 Å². The fourth-order valence-electron chi connectivity index (χ4n) is 4.35. The van der Waals surface area contributed by atoms with Crippen LogP contribution in [0.4, 0.5) is 4.79 Å². The zero-order valence-electron chi connectivity index (χ0n) is 23.0. The monoisotopic (exact) mass is 571 g/mol. The van der Waals surface area contributed by atoms with Gasteiger partial charge in [-0.05, 0) is 70.1 Å². The van der Waals surface area contributed by atoms with Gasteiger partial charge in [0.05, 0.1) is 17.5 Å². The number of aryl methyl sites for hydroxylation is 1. The van der Waals surface area contributed by atoms with E-state index in [1.165, 1.54) is 0 Å². The number of alkyl carbamates (subject to hydrolysis) is 1. The van der Waals surface area contributed by atoms with Crippen LogP contribution in [-0.2, 0) is 25.8 Å². The van der Waals surface area contributed by atoms with Crippen LogP contribution in [0.3, 0.4) is 0 Å². The Labute approximate surface area is 234 Å². The number of nitrogens with zero attached hydrogens (tertiary/aromatic N) is 1. The fourth-order valence-corrected chi connectivity index (χ4v) is 6.28. The van der Waals surface area contributed by atoms with Gasteiger partial charge >= 0.3 is 6.09 Å². The predicted molar refractivity (Wildman–Crippen MR) is 150 cm³/mol. The van der Waals surface area contributed by atoms with Crippen LogP contribution in [0, 0.1) is 5.92 Å². The molecule has 40 heavy (non-hydrogen) atoms. The topological polar surface area (TPSA) is 148 Å². The zero-order chi connectivity index (χ0) is 28.9. The van der Waals surface area contributed by atoms with Gasteiger partial charge in [0.2, 0.25) is 11.8 Å². The van der Waals surface area contributed by atoms with E-state index >= 15 is 0 Å². The molecule has 11 heteroatoms. The highest BCUT2D eigenvalue weighted by Gasteiger charge is 2.36. The molecule has 0 radical (unpaired) electrons. The highest BCUT2D eigenvalue weighted by Crippen LogP contribution is 2.30. The molecule has 10 nitrogen and oxygen atoms in total. The van der Waals surface area contributed by atoms with Gasteiger partial charge in [0, 0.05) is 0 Å². The summed E-state index contributed by atoms with van der Waals surface area (Å²) in [5.41, 5.74) is 1.18. The number of amides is 2. The average molecular weight is 572 g/mol. The van der Waals surface area contributed by atoms with E-state index in [1.807, 2.05) is 30.3 Å². The van der Waals surface area contributed by atoms with Gasteiger partial charge in [0.25, 0.3) is 0 Å². The van der Waals surface area contributed by atoms with Crippen molar-refractivity contribution >= 4 is 32.9 Å². The molecule has 0 saturated heterocycles. The van der Waals surface area contributed by atoms with Crippen molar-refractivity contribution in [2.45, 2.75) is 70.2 Å². The average Bonchev–Trinajstić information content (AvgIpc) is 3.57. The molecule has 0 aliphatic heterocycles. The minimum absolute atomic E-state index is 0.0255. The number of carbonyl (C=O) groups excluding carboxylic acids is 2. The number of carbonyl (C=O) groups is 2. The van der Waals surface area contributed by atoms with E-state index in [0.717, 1.165) is 18.4 Å². The van der Waals surface area contributed by atoms with E-state index in [-0.39, 0.29) is 17.6 Å². The zero-order valence-corrected chi connectivity index (χ0v) is 23.8. The number of hydrogen-bond donors (Lipinski definition) is 3. The van der Waals surface area contributed by atoms with E-state index in [2.05, 4.69) is 15.6 Å². The van der Waals surface area contributed by atoms with Gasteiger partial charge < -0.3 is 24.9 Å². The third kappa shape index (κ3) is 8.79. The Morgan fingerprint density at radius 2 is 1.75 bits per heavy atom. The van der Waals surface area contributed by atoms with E-state index in [1.54, 1.807) is 45.0 Å². The first-order valence-corrected chi connectivity index (χ1v) is 15.3. The summed E-state index contributed by atoms with van der Waals surface area (Å²) >= 11 is 0. The largest absolute Gasteiger partial charge is 0.444 e. The molecule has 3 atom stereocenters. The third-order valence-corrected chi connectivity index (χ3v) is 8.29. The fraction of sp³-hybridized carbons (Fsp3) is 0.483. The number of fused-ring (bicyclic) bond motifs is 1. The number of benzene rings is 2. The van der Waals surface area contributed by atoms with Gasteiger partial charge in [0.15, 0.2) is 21.5 Å². The van der Waals surface area contributed by atoms with E-state index in [4.69, 9.17) is 9.15 Å². The van der Waals surface area contributed by atoms with Gasteiger partial charge in [-0.15, -0.1) is 0 Å². The lowest BCUT2D eigenvalue weighted by molar-refractivity contribution is -0.124. The van der Waals surface area contributed by atoms with Gasteiger partial charge in [-0.3, -0.25) is 4.79 Å². The van der Waals surface area contributed by atoms with Crippen LogP contribution >= 0.6 is 0 Å². The molecule has 0 bridgehead atoms. The van der Waals surface area contributed by atoms with Gasteiger partial charge in [0.1, 0.15) is 17.2 Å². The molecule has 2 amide bonds. The van der Waals surface area contributed by atoms with Crippen molar-refractivity contribution in [2.24, 2.45) is 5.92 Å². The van der Waals surface area contributed by atoms with E-state index in [0.29, 0.717) is 23.9 Å². The Hall–Kier alpha value is -3.44. The highest BCUT2D eigenvalue weighted by molar-refractivity contribution is 7.91. The molecule has 1 heterocycles. The van der Waals surface area contributed by atoms with Gasteiger partial charge in [-0.2, -0.15) is 0 Å². The SMILES string of the molecule is CC(C)(C)OC(=O)N[C@@H](CS(=O)(=O)CC1CC1)C(=O)NC(CCc1ccccc1)C(O)c1nc2ccccc2o1. The van der Waals surface area contributed by atoms with Crippen molar-refractivity contribution in [1.82, 2.24) is 15.6 Å². The molecule has 3 N–H and O–H groups in total. The van der Waals surface area contributed by atoms with Crippen molar-refractivity contribution < 1.29 is 32.3 Å². The number of nitrogens with one attached hydrogen (secondary N) is 2. The van der Waals surface area contributed by atoms with Crippen LogP contribution in [0.25, 0.3) is 11.1 Å². The standard InChI is InChI=1S/C29H37N3O7S/c1-29(2,3)39-28(35)32-23(18-40(36,37)17-20-13-14-20)26(34)30-22(16-15-19-9-5-4-6-10-19)25(33)27-31-21-11-7-8-12-24(21)38-27/h4-12,20,22-23,25,33H,13-18H2,1-3H3,(H,30,34)(H,32,35)/t22?,23-,25?/m0/s1. The number of ether oxygens (including phenoxy) is 1. The summed E-state index contributed by atoms with van der Waals surface area (Å²) in [6.45, 7) is 5.01. The van der Waals surface area contributed by atoms with Crippen molar-refractivity contribution in [2.75, 3.05) is 11.5 Å². The Balaban J connectivity index is 1.56. The summed E-state index contributed by atoms with van der Waals surface area (Å²) in [7, 11) is -3.66. The lowest BCUT2D eigenvalue weighted by Crippen LogP contribution is -2.54. The minimum Gasteiger partial charge on any atom is -0.444 e. The summed E-state index contributed by atoms with van der Waals surface area (Å²) < 4.78 is 36.8. The molecule has 1 aromatic heterocycles. The summed E-state index contributed by atoms with van der Waals surface area (Å²) in [6.07, 6.45) is 0.221. The summed E-state index contributed by atoms with van der Waals surface area (Å²) in [4.78, 5) is 30.5. The van der Waals surface area contributed by atoms with E-state index < -0.39 is 51.4 Å². The third-order valence-electron chi connectivity index (χ3n) is 6.47. The normalized spacial score (nSPS) is 16.2. The smallest absolute Gasteiger partial charge is 0.408 e. The Morgan fingerprint density at radius 1 is 1.07 bits per heavy atom. The maximum absolute atomic E-state index is 13.5. The maximum atomic E-state index is 13.5. The number of aromatic nitrogens is 1. The Kier molecular flexibility index (Phi) is 9.15. The molecule has 1 aliphatic carbocycles. The van der Waals surface area contributed by atoms with Crippen LogP contribution in [0.15, 0.2) is 59.0 Å². The number of aliphatic hydroxyl groups is 1. The number of sulfone groups is 1. The van der Waals surface area contributed by atoms with Crippen LogP contribution in [0.2, 0.25) is 0 Å². The summed E-state index contributed by atoms with van der Waals surface area (Å²) in [5.74, 6) is -1.28. The Morgan fingerprint density at radius 3 is 2.40 bits per heavy atom.